The van der Waals surface area contributed by atoms with Crippen LogP contribution in [0.2, 0.25) is 0 Å². The van der Waals surface area contributed by atoms with E-state index in [1.807, 2.05) is 42.2 Å². The second-order valence-electron chi connectivity index (χ2n) is 8.52. The Kier molecular flexibility index (Phi) is 8.80. The Balaban J connectivity index is 1.59. The minimum Gasteiger partial charge on any atom is -0.366 e. The predicted octanol–water partition coefficient (Wildman–Crippen LogP) is 7.04. The van der Waals surface area contributed by atoms with Crippen LogP contribution >= 0.6 is 0 Å². The highest BCUT2D eigenvalue weighted by molar-refractivity contribution is 7.86. The molecule has 0 radical (unpaired) electrons. The predicted molar refractivity (Wildman–Crippen MR) is 150 cm³/mol. The van der Waals surface area contributed by atoms with Crippen molar-refractivity contribution in [3.63, 3.8) is 0 Å². The van der Waals surface area contributed by atoms with Crippen LogP contribution in [0.5, 0.6) is 0 Å². The molecule has 0 aliphatic rings. The number of nitrogens with zero attached hydrogens (tertiary/aromatic N) is 5. The Morgan fingerprint density at radius 1 is 0.625 bits per heavy atom. The molecule has 0 saturated carbocycles. The van der Waals surface area contributed by atoms with Gasteiger partial charge in [0.2, 0.25) is 0 Å². The van der Waals surface area contributed by atoms with Gasteiger partial charge in [0.05, 0.1) is 33.3 Å². The molecule has 2 N–H and O–H groups in total. The molecule has 0 saturated heterocycles. The van der Waals surface area contributed by atoms with Gasteiger partial charge in [-0.25, -0.2) is 0 Å². The molecule has 0 aliphatic heterocycles. The number of rotatable bonds is 10. The SMILES string of the molecule is CCN(Cc1ccccc1)c1cc(N=Nc2cccc(N=Nc3cccc(S(=O)(=O)O)c3)c2)ccc1S(=O)(=O)O. The maximum atomic E-state index is 12.1. The van der Waals surface area contributed by atoms with Gasteiger partial charge in [-0.2, -0.15) is 37.3 Å². The van der Waals surface area contributed by atoms with Crippen molar-refractivity contribution >= 4 is 48.7 Å². The fourth-order valence-corrected chi connectivity index (χ4v) is 4.97. The van der Waals surface area contributed by atoms with Crippen LogP contribution in [0.15, 0.2) is 127 Å². The summed E-state index contributed by atoms with van der Waals surface area (Å²) < 4.78 is 65.9. The zero-order chi connectivity index (χ0) is 28.8. The number of benzene rings is 4. The third-order valence-corrected chi connectivity index (χ3v) is 7.42. The van der Waals surface area contributed by atoms with Crippen molar-refractivity contribution in [1.29, 1.82) is 0 Å². The molecule has 0 fully saturated rings. The molecule has 0 amide bonds. The van der Waals surface area contributed by atoms with Crippen LogP contribution in [0.4, 0.5) is 28.4 Å². The zero-order valence-corrected chi connectivity index (χ0v) is 22.9. The Hall–Kier alpha value is -4.30. The van der Waals surface area contributed by atoms with Gasteiger partial charge in [-0.15, -0.1) is 0 Å². The van der Waals surface area contributed by atoms with E-state index < -0.39 is 20.2 Å². The highest BCUT2D eigenvalue weighted by atomic mass is 32.2. The van der Waals surface area contributed by atoms with Crippen molar-refractivity contribution in [2.45, 2.75) is 23.3 Å². The van der Waals surface area contributed by atoms with Crippen LogP contribution in [0.3, 0.4) is 0 Å². The average molecular weight is 580 g/mol. The van der Waals surface area contributed by atoms with Gasteiger partial charge >= 0.3 is 0 Å². The lowest BCUT2D eigenvalue weighted by atomic mass is 10.2. The second kappa shape index (κ2) is 12.3. The molecule has 0 aromatic heterocycles. The monoisotopic (exact) mass is 579 g/mol. The molecule has 206 valence electrons. The van der Waals surface area contributed by atoms with Crippen molar-refractivity contribution in [2.24, 2.45) is 20.5 Å². The van der Waals surface area contributed by atoms with E-state index in [0.29, 0.717) is 35.8 Å². The summed E-state index contributed by atoms with van der Waals surface area (Å²) in [7, 11) is -8.86. The molecule has 0 atom stereocenters. The third kappa shape index (κ3) is 7.64. The van der Waals surface area contributed by atoms with Crippen molar-refractivity contribution in [2.75, 3.05) is 11.4 Å². The molecule has 40 heavy (non-hydrogen) atoms. The van der Waals surface area contributed by atoms with Crippen molar-refractivity contribution < 1.29 is 25.9 Å². The topological polar surface area (TPSA) is 161 Å². The lowest BCUT2D eigenvalue weighted by molar-refractivity contribution is 0.481. The molecule has 0 bridgehead atoms. The van der Waals surface area contributed by atoms with Gasteiger partial charge in [-0.05, 0) is 67.1 Å². The lowest BCUT2D eigenvalue weighted by Crippen LogP contribution is -2.24. The zero-order valence-electron chi connectivity index (χ0n) is 21.2. The van der Waals surface area contributed by atoms with E-state index in [1.165, 1.54) is 36.4 Å². The van der Waals surface area contributed by atoms with E-state index >= 15 is 0 Å². The van der Waals surface area contributed by atoms with E-state index in [1.54, 1.807) is 30.3 Å². The van der Waals surface area contributed by atoms with Gasteiger partial charge in [0.1, 0.15) is 4.90 Å². The van der Waals surface area contributed by atoms with Crippen molar-refractivity contribution in [3.8, 4) is 0 Å². The van der Waals surface area contributed by atoms with Gasteiger partial charge < -0.3 is 4.90 Å². The second-order valence-corrected chi connectivity index (χ2v) is 11.3. The van der Waals surface area contributed by atoms with E-state index in [9.17, 15) is 25.9 Å². The molecule has 11 nitrogen and oxygen atoms in total. The maximum Gasteiger partial charge on any atom is 0.296 e. The molecule has 13 heteroatoms. The Morgan fingerprint density at radius 3 is 1.73 bits per heavy atom. The maximum absolute atomic E-state index is 12.1. The Morgan fingerprint density at radius 2 is 1.18 bits per heavy atom. The smallest absolute Gasteiger partial charge is 0.296 e. The Bertz CT molecular complexity index is 1780. The summed E-state index contributed by atoms with van der Waals surface area (Å²) in [6.07, 6.45) is 0. The summed E-state index contributed by atoms with van der Waals surface area (Å²) in [5.41, 5.74) is 2.69. The van der Waals surface area contributed by atoms with E-state index in [4.69, 9.17) is 0 Å². The fraction of sp³-hybridized carbons (Fsp3) is 0.111. The summed E-state index contributed by atoms with van der Waals surface area (Å²) >= 11 is 0. The van der Waals surface area contributed by atoms with Gasteiger partial charge in [0.25, 0.3) is 20.2 Å². The van der Waals surface area contributed by atoms with Crippen LogP contribution in [0, 0.1) is 0 Å². The molecular formula is C27H25N5O6S2. The molecule has 0 unspecified atom stereocenters. The van der Waals surface area contributed by atoms with Crippen LogP contribution in [-0.2, 0) is 26.8 Å². The molecule has 4 rings (SSSR count). The molecule has 0 aliphatic carbocycles. The molecular weight excluding hydrogens is 554 g/mol. The van der Waals surface area contributed by atoms with Crippen LogP contribution in [-0.4, -0.2) is 32.5 Å². The Labute approximate surface area is 232 Å². The van der Waals surface area contributed by atoms with Crippen LogP contribution < -0.4 is 4.90 Å². The fourth-order valence-electron chi connectivity index (χ4n) is 3.76. The first-order chi connectivity index (χ1) is 19.0. The number of azo groups is 2. The quantitative estimate of drug-likeness (QED) is 0.150. The standard InChI is InChI=1S/C27H25N5O6S2/c1-2-32(19-20-8-4-3-5-9-20)26-18-24(14-15-27(26)40(36,37)38)31-29-22-11-6-10-21(16-22)28-30-23-12-7-13-25(17-23)39(33,34)35/h3-18H,2,19H2,1H3,(H,33,34,35)(H,36,37,38). The summed E-state index contributed by atoms with van der Waals surface area (Å²) in [5, 5.41) is 16.6. The van der Waals surface area contributed by atoms with Crippen LogP contribution in [0.25, 0.3) is 0 Å². The van der Waals surface area contributed by atoms with Gasteiger partial charge in [-0.1, -0.05) is 42.5 Å². The van der Waals surface area contributed by atoms with E-state index in [-0.39, 0.29) is 15.5 Å². The molecule has 4 aromatic carbocycles. The average Bonchev–Trinajstić information content (AvgIpc) is 2.93. The minimum atomic E-state index is -4.49. The molecule has 4 aromatic rings. The highest BCUT2D eigenvalue weighted by Gasteiger charge is 2.20. The minimum absolute atomic E-state index is 0.226. The first-order valence-corrected chi connectivity index (χ1v) is 14.8. The van der Waals surface area contributed by atoms with Crippen LogP contribution in [0.1, 0.15) is 12.5 Å². The number of hydrogen-bond donors (Lipinski definition) is 2. The summed E-state index contributed by atoms with van der Waals surface area (Å²) in [5.74, 6) is 0. The lowest BCUT2D eigenvalue weighted by Gasteiger charge is -2.25. The van der Waals surface area contributed by atoms with E-state index in [2.05, 4.69) is 20.5 Å². The highest BCUT2D eigenvalue weighted by Crippen LogP contribution is 2.32. The summed E-state index contributed by atoms with van der Waals surface area (Å²) in [6, 6.07) is 25.8. The molecule has 0 heterocycles. The van der Waals surface area contributed by atoms with Gasteiger partial charge in [-0.3, -0.25) is 9.11 Å². The summed E-state index contributed by atoms with van der Waals surface area (Å²) in [6.45, 7) is 2.77. The summed E-state index contributed by atoms with van der Waals surface area (Å²) in [4.78, 5) is 1.29. The van der Waals surface area contributed by atoms with E-state index in [0.717, 1.165) is 5.56 Å². The number of anilines is 1. The first-order valence-electron chi connectivity index (χ1n) is 11.9. The number of hydrogen-bond acceptors (Lipinski definition) is 9. The van der Waals surface area contributed by atoms with Gasteiger partial charge in [0, 0.05) is 13.1 Å². The third-order valence-electron chi connectivity index (χ3n) is 5.67. The first kappa shape index (κ1) is 28.7. The van der Waals surface area contributed by atoms with Crippen molar-refractivity contribution in [3.05, 3.63) is 103 Å². The van der Waals surface area contributed by atoms with Crippen molar-refractivity contribution in [1.82, 2.24) is 0 Å². The normalized spacial score (nSPS) is 12.3. The molecule has 0 spiro atoms. The van der Waals surface area contributed by atoms with Gasteiger partial charge in [0.15, 0.2) is 0 Å². The largest absolute Gasteiger partial charge is 0.366 e.